The van der Waals surface area contributed by atoms with E-state index in [4.69, 9.17) is 11.6 Å². The van der Waals surface area contributed by atoms with Crippen LogP contribution in [0.1, 0.15) is 51.1 Å². The van der Waals surface area contributed by atoms with Gasteiger partial charge in [0.05, 0.1) is 6.04 Å². The van der Waals surface area contributed by atoms with Crippen LogP contribution in [0, 0.1) is 0 Å². The van der Waals surface area contributed by atoms with Gasteiger partial charge in [0.15, 0.2) is 0 Å². The molecule has 0 N–H and O–H groups in total. The normalized spacial score (nSPS) is 12.0. The molecule has 0 aliphatic rings. The monoisotopic (exact) mass is 330 g/mol. The molecule has 0 radical (unpaired) electrons. The van der Waals surface area contributed by atoms with Crippen molar-refractivity contribution >= 4 is 23.2 Å². The quantitative estimate of drug-likeness (QED) is 0.636. The van der Waals surface area contributed by atoms with Crippen LogP contribution in [0.4, 0.5) is 5.69 Å². The van der Waals surface area contributed by atoms with Gasteiger partial charge < -0.3 is 4.90 Å². The summed E-state index contributed by atoms with van der Waals surface area (Å²) in [7, 11) is 0. The zero-order valence-corrected chi connectivity index (χ0v) is 14.5. The number of hydrogen-bond acceptors (Lipinski definition) is 2. The fraction of sp³-hybridized carbons (Fsp3) is 0.368. The van der Waals surface area contributed by atoms with Crippen LogP contribution >= 0.6 is 11.6 Å². The lowest BCUT2D eigenvalue weighted by molar-refractivity contribution is -0.119. The Morgan fingerprint density at radius 3 is 2.57 bits per heavy atom. The van der Waals surface area contributed by atoms with Crippen LogP contribution < -0.4 is 4.90 Å². The Kier molecular flexibility index (Phi) is 6.60. The second-order valence-electron chi connectivity index (χ2n) is 5.66. The molecule has 0 aliphatic carbocycles. The number of aromatic nitrogens is 1. The number of carbonyl (C=O) groups is 1. The van der Waals surface area contributed by atoms with Gasteiger partial charge in [0.2, 0.25) is 5.91 Å². The summed E-state index contributed by atoms with van der Waals surface area (Å²) >= 11 is 5.98. The Labute approximate surface area is 143 Å². The summed E-state index contributed by atoms with van der Waals surface area (Å²) in [4.78, 5) is 18.8. The van der Waals surface area contributed by atoms with Gasteiger partial charge in [-0.05, 0) is 49.2 Å². The van der Waals surface area contributed by atoms with Crippen LogP contribution in [-0.2, 0) is 4.79 Å². The van der Waals surface area contributed by atoms with Gasteiger partial charge in [0, 0.05) is 29.5 Å². The Balaban J connectivity index is 2.27. The standard InChI is InChI=1S/C19H23ClN2O/c1-3-4-5-8-19(23)22(18-11-9-17(20)10-12-18)15(2)16-7-6-13-21-14-16/h6-7,9-15H,3-5,8H2,1-2H3. The Hall–Kier alpha value is -1.87. The third-order valence-corrected chi connectivity index (χ3v) is 4.17. The van der Waals surface area contributed by atoms with E-state index in [0.29, 0.717) is 11.4 Å². The number of nitrogens with zero attached hydrogens (tertiary/aromatic N) is 2. The number of amides is 1. The highest BCUT2D eigenvalue weighted by Gasteiger charge is 2.23. The lowest BCUT2D eigenvalue weighted by Gasteiger charge is -2.30. The van der Waals surface area contributed by atoms with E-state index in [1.807, 2.05) is 54.4 Å². The minimum Gasteiger partial charge on any atom is -0.305 e. The van der Waals surface area contributed by atoms with E-state index in [0.717, 1.165) is 30.5 Å². The summed E-state index contributed by atoms with van der Waals surface area (Å²) in [6, 6.07) is 11.3. The minimum absolute atomic E-state index is 0.0704. The molecule has 0 bridgehead atoms. The van der Waals surface area contributed by atoms with E-state index in [9.17, 15) is 4.79 Å². The molecule has 1 unspecified atom stereocenters. The molecule has 1 heterocycles. The van der Waals surface area contributed by atoms with Gasteiger partial charge >= 0.3 is 0 Å². The third kappa shape index (κ3) is 4.80. The van der Waals surface area contributed by atoms with Crippen molar-refractivity contribution in [3.8, 4) is 0 Å². The number of carbonyl (C=O) groups excluding carboxylic acids is 1. The van der Waals surface area contributed by atoms with Gasteiger partial charge in [-0.2, -0.15) is 0 Å². The first kappa shape index (κ1) is 17.5. The molecule has 2 rings (SSSR count). The van der Waals surface area contributed by atoms with Crippen LogP contribution in [0.3, 0.4) is 0 Å². The maximum Gasteiger partial charge on any atom is 0.227 e. The molecule has 1 atom stereocenters. The van der Waals surface area contributed by atoms with E-state index in [1.165, 1.54) is 0 Å². The maximum atomic E-state index is 12.8. The lowest BCUT2D eigenvalue weighted by atomic mass is 10.1. The van der Waals surface area contributed by atoms with Crippen molar-refractivity contribution in [2.75, 3.05) is 4.90 Å². The summed E-state index contributed by atoms with van der Waals surface area (Å²) < 4.78 is 0. The molecule has 0 spiro atoms. The molecule has 1 aromatic carbocycles. The van der Waals surface area contributed by atoms with Crippen LogP contribution in [0.15, 0.2) is 48.8 Å². The average Bonchev–Trinajstić information content (AvgIpc) is 2.58. The highest BCUT2D eigenvalue weighted by atomic mass is 35.5. The zero-order chi connectivity index (χ0) is 16.7. The molecule has 0 saturated heterocycles. The molecule has 1 amide bonds. The van der Waals surface area contributed by atoms with Gasteiger partial charge in [0.25, 0.3) is 0 Å². The highest BCUT2D eigenvalue weighted by molar-refractivity contribution is 6.30. The Bertz CT molecular complexity index is 613. The highest BCUT2D eigenvalue weighted by Crippen LogP contribution is 2.29. The molecule has 1 aromatic heterocycles. The molecule has 0 saturated carbocycles. The smallest absolute Gasteiger partial charge is 0.227 e. The number of unbranched alkanes of at least 4 members (excludes halogenated alkanes) is 2. The van der Waals surface area contributed by atoms with Gasteiger partial charge in [-0.25, -0.2) is 0 Å². The Morgan fingerprint density at radius 2 is 1.96 bits per heavy atom. The molecule has 0 fully saturated rings. The minimum atomic E-state index is -0.0704. The van der Waals surface area contributed by atoms with Gasteiger partial charge in [-0.1, -0.05) is 37.4 Å². The van der Waals surface area contributed by atoms with Crippen LogP contribution in [0.25, 0.3) is 0 Å². The van der Waals surface area contributed by atoms with Crippen molar-refractivity contribution in [3.63, 3.8) is 0 Å². The molecular weight excluding hydrogens is 308 g/mol. The molecule has 3 nitrogen and oxygen atoms in total. The molecule has 4 heteroatoms. The van der Waals surface area contributed by atoms with Gasteiger partial charge in [0.1, 0.15) is 0 Å². The summed E-state index contributed by atoms with van der Waals surface area (Å²) in [5, 5.41) is 0.668. The Morgan fingerprint density at radius 1 is 1.22 bits per heavy atom. The average molecular weight is 331 g/mol. The number of hydrogen-bond donors (Lipinski definition) is 0. The molecule has 0 aliphatic heterocycles. The molecular formula is C19H23ClN2O. The zero-order valence-electron chi connectivity index (χ0n) is 13.7. The SMILES string of the molecule is CCCCCC(=O)N(c1ccc(Cl)cc1)C(C)c1cccnc1. The van der Waals surface area contributed by atoms with E-state index in [1.54, 1.807) is 6.20 Å². The van der Waals surface area contributed by atoms with Crippen molar-refractivity contribution in [2.24, 2.45) is 0 Å². The second kappa shape index (κ2) is 8.68. The summed E-state index contributed by atoms with van der Waals surface area (Å²) in [6.45, 7) is 4.17. The molecule has 122 valence electrons. The second-order valence-corrected chi connectivity index (χ2v) is 6.10. The molecule has 23 heavy (non-hydrogen) atoms. The maximum absolute atomic E-state index is 12.8. The van der Waals surface area contributed by atoms with E-state index in [-0.39, 0.29) is 11.9 Å². The first-order valence-corrected chi connectivity index (χ1v) is 8.48. The van der Waals surface area contributed by atoms with Gasteiger partial charge in [-0.3, -0.25) is 9.78 Å². The summed E-state index contributed by atoms with van der Waals surface area (Å²) in [6.07, 6.45) is 7.20. The summed E-state index contributed by atoms with van der Waals surface area (Å²) in [5.41, 5.74) is 1.89. The van der Waals surface area contributed by atoms with E-state index >= 15 is 0 Å². The van der Waals surface area contributed by atoms with Crippen LogP contribution in [0.5, 0.6) is 0 Å². The van der Waals surface area contributed by atoms with E-state index in [2.05, 4.69) is 11.9 Å². The predicted molar refractivity (Wildman–Crippen MR) is 95.7 cm³/mol. The first-order chi connectivity index (χ1) is 11.1. The predicted octanol–water partition coefficient (Wildman–Crippen LogP) is 5.41. The van der Waals surface area contributed by atoms with Crippen LogP contribution in [0.2, 0.25) is 5.02 Å². The largest absolute Gasteiger partial charge is 0.305 e. The summed E-state index contributed by atoms with van der Waals surface area (Å²) in [5.74, 6) is 0.136. The van der Waals surface area contributed by atoms with Crippen molar-refractivity contribution < 1.29 is 4.79 Å². The van der Waals surface area contributed by atoms with E-state index < -0.39 is 0 Å². The van der Waals surface area contributed by atoms with Crippen LogP contribution in [-0.4, -0.2) is 10.9 Å². The lowest BCUT2D eigenvalue weighted by Crippen LogP contribution is -2.33. The van der Waals surface area contributed by atoms with Crippen molar-refractivity contribution in [3.05, 3.63) is 59.4 Å². The van der Waals surface area contributed by atoms with Crippen molar-refractivity contribution in [1.82, 2.24) is 4.98 Å². The topological polar surface area (TPSA) is 33.2 Å². The first-order valence-electron chi connectivity index (χ1n) is 8.11. The van der Waals surface area contributed by atoms with Crippen molar-refractivity contribution in [1.29, 1.82) is 0 Å². The molecule has 2 aromatic rings. The number of halogens is 1. The number of rotatable bonds is 7. The fourth-order valence-electron chi connectivity index (χ4n) is 2.60. The number of benzene rings is 1. The fourth-order valence-corrected chi connectivity index (χ4v) is 2.73. The van der Waals surface area contributed by atoms with Crippen molar-refractivity contribution in [2.45, 2.75) is 45.6 Å². The third-order valence-electron chi connectivity index (χ3n) is 3.92. The number of anilines is 1. The van der Waals surface area contributed by atoms with Gasteiger partial charge in [-0.15, -0.1) is 0 Å². The number of pyridine rings is 1.